The maximum Gasteiger partial charge on any atom is 0.187 e. The van der Waals surface area contributed by atoms with Crippen molar-refractivity contribution >= 4 is 0 Å². The standard InChI is InChI=1S/C18H20O6/c1-12-6-8-13(9-7-12)5-3-2-4-10-23-18-17(22)16(21)15(20)14(11-19)24-18/h6-9,14-22H,10-11H2,1H3/t14-,15-,16+,17+,18+/m1/s1. The molecule has 1 fully saturated rings. The average molecular weight is 332 g/mol. The van der Waals surface area contributed by atoms with Crippen molar-refractivity contribution in [2.75, 3.05) is 13.2 Å². The second-order valence-electron chi connectivity index (χ2n) is 5.43. The molecule has 0 unspecified atom stereocenters. The van der Waals surface area contributed by atoms with Crippen molar-refractivity contribution in [3.05, 3.63) is 35.4 Å². The van der Waals surface area contributed by atoms with Crippen LogP contribution in [0, 0.1) is 30.6 Å². The fourth-order valence-corrected chi connectivity index (χ4v) is 2.15. The lowest BCUT2D eigenvalue weighted by molar-refractivity contribution is -0.298. The quantitative estimate of drug-likeness (QED) is 0.539. The number of aliphatic hydroxyl groups excluding tert-OH is 4. The molecule has 0 bridgehead atoms. The maximum absolute atomic E-state index is 9.78. The van der Waals surface area contributed by atoms with E-state index in [1.54, 1.807) is 0 Å². The molecule has 128 valence electrons. The van der Waals surface area contributed by atoms with Gasteiger partial charge in [0, 0.05) is 5.56 Å². The molecule has 2 rings (SSSR count). The summed E-state index contributed by atoms with van der Waals surface area (Å²) in [7, 11) is 0. The largest absolute Gasteiger partial charge is 0.394 e. The first-order valence-electron chi connectivity index (χ1n) is 7.50. The Morgan fingerprint density at radius 3 is 2.42 bits per heavy atom. The number of ether oxygens (including phenoxy) is 2. The highest BCUT2D eigenvalue weighted by Crippen LogP contribution is 2.21. The van der Waals surface area contributed by atoms with Crippen LogP contribution >= 0.6 is 0 Å². The van der Waals surface area contributed by atoms with Gasteiger partial charge in [0.2, 0.25) is 0 Å². The van der Waals surface area contributed by atoms with E-state index < -0.39 is 37.3 Å². The summed E-state index contributed by atoms with van der Waals surface area (Å²) in [6.45, 7) is 1.41. The highest BCUT2D eigenvalue weighted by atomic mass is 16.7. The Labute approximate surface area is 140 Å². The highest BCUT2D eigenvalue weighted by molar-refractivity contribution is 5.40. The Hall–Kier alpha value is -1.90. The van der Waals surface area contributed by atoms with Crippen molar-refractivity contribution in [3.63, 3.8) is 0 Å². The van der Waals surface area contributed by atoms with Crippen LogP contribution in [0.1, 0.15) is 11.1 Å². The van der Waals surface area contributed by atoms with Gasteiger partial charge >= 0.3 is 0 Å². The van der Waals surface area contributed by atoms with Gasteiger partial charge in [-0.3, -0.25) is 0 Å². The van der Waals surface area contributed by atoms with Crippen LogP contribution < -0.4 is 0 Å². The zero-order valence-electron chi connectivity index (χ0n) is 13.2. The summed E-state index contributed by atoms with van der Waals surface area (Å²) in [5, 5.41) is 38.1. The lowest BCUT2D eigenvalue weighted by atomic mass is 9.99. The summed E-state index contributed by atoms with van der Waals surface area (Å²) in [5.74, 6) is 10.8. The van der Waals surface area contributed by atoms with Gasteiger partial charge in [0.1, 0.15) is 31.0 Å². The number of benzene rings is 1. The summed E-state index contributed by atoms with van der Waals surface area (Å²) in [6, 6.07) is 7.71. The van der Waals surface area contributed by atoms with Crippen molar-refractivity contribution in [2.24, 2.45) is 0 Å². The van der Waals surface area contributed by atoms with E-state index in [9.17, 15) is 15.3 Å². The highest BCUT2D eigenvalue weighted by Gasteiger charge is 2.43. The summed E-state index contributed by atoms with van der Waals surface area (Å²) < 4.78 is 10.4. The number of rotatable bonds is 3. The third kappa shape index (κ3) is 4.80. The van der Waals surface area contributed by atoms with E-state index in [0.717, 1.165) is 11.1 Å². The first-order valence-corrected chi connectivity index (χ1v) is 7.50. The van der Waals surface area contributed by atoms with E-state index in [1.807, 2.05) is 31.2 Å². The van der Waals surface area contributed by atoms with Gasteiger partial charge in [-0.2, -0.15) is 0 Å². The molecule has 6 nitrogen and oxygen atoms in total. The van der Waals surface area contributed by atoms with Gasteiger partial charge in [0.15, 0.2) is 6.29 Å². The van der Waals surface area contributed by atoms with Gasteiger partial charge in [0.05, 0.1) is 6.61 Å². The van der Waals surface area contributed by atoms with E-state index in [1.165, 1.54) is 0 Å². The molecule has 1 saturated heterocycles. The van der Waals surface area contributed by atoms with E-state index in [0.29, 0.717) is 0 Å². The molecule has 0 amide bonds. The van der Waals surface area contributed by atoms with Crippen LogP contribution in [0.15, 0.2) is 24.3 Å². The minimum atomic E-state index is -1.46. The topological polar surface area (TPSA) is 99.4 Å². The molecule has 1 aliphatic rings. The summed E-state index contributed by atoms with van der Waals surface area (Å²) in [6.07, 6.45) is -6.47. The van der Waals surface area contributed by atoms with Crippen LogP contribution in [-0.4, -0.2) is 64.3 Å². The van der Waals surface area contributed by atoms with Crippen LogP contribution in [0.5, 0.6) is 0 Å². The molecule has 4 N–H and O–H groups in total. The summed E-state index contributed by atoms with van der Waals surface area (Å²) >= 11 is 0. The number of aryl methyl sites for hydroxylation is 1. The fraction of sp³-hybridized carbons (Fsp3) is 0.444. The molecular weight excluding hydrogens is 312 g/mol. The van der Waals surface area contributed by atoms with Gasteiger partial charge in [-0.05, 0) is 30.9 Å². The summed E-state index contributed by atoms with van der Waals surface area (Å²) in [4.78, 5) is 0. The Bertz CT molecular complexity index is 646. The Kier molecular flexibility index (Phi) is 6.77. The maximum atomic E-state index is 9.78. The number of hydrogen-bond donors (Lipinski definition) is 4. The van der Waals surface area contributed by atoms with Crippen LogP contribution in [-0.2, 0) is 9.47 Å². The second kappa shape index (κ2) is 8.81. The van der Waals surface area contributed by atoms with Crippen molar-refractivity contribution in [2.45, 2.75) is 37.6 Å². The molecule has 1 heterocycles. The lowest BCUT2D eigenvalue weighted by Crippen LogP contribution is -2.59. The van der Waals surface area contributed by atoms with Gasteiger partial charge in [-0.25, -0.2) is 0 Å². The molecule has 1 aromatic carbocycles. The van der Waals surface area contributed by atoms with Gasteiger partial charge < -0.3 is 29.9 Å². The van der Waals surface area contributed by atoms with E-state index in [2.05, 4.69) is 23.7 Å². The predicted molar refractivity (Wildman–Crippen MR) is 85.6 cm³/mol. The van der Waals surface area contributed by atoms with Crippen molar-refractivity contribution in [3.8, 4) is 23.7 Å². The van der Waals surface area contributed by atoms with E-state index >= 15 is 0 Å². The van der Waals surface area contributed by atoms with Crippen molar-refractivity contribution in [1.82, 2.24) is 0 Å². The number of aliphatic hydroxyl groups is 4. The molecule has 0 radical (unpaired) electrons. The van der Waals surface area contributed by atoms with E-state index in [4.69, 9.17) is 14.6 Å². The normalized spacial score (nSPS) is 29.1. The first kappa shape index (κ1) is 18.4. The van der Waals surface area contributed by atoms with E-state index in [-0.39, 0.29) is 6.61 Å². The van der Waals surface area contributed by atoms with Crippen molar-refractivity contribution in [1.29, 1.82) is 0 Å². The van der Waals surface area contributed by atoms with Crippen LogP contribution in [0.25, 0.3) is 0 Å². The fourth-order valence-electron chi connectivity index (χ4n) is 2.15. The van der Waals surface area contributed by atoms with Crippen LogP contribution in [0.3, 0.4) is 0 Å². The molecule has 6 heteroatoms. The third-order valence-corrected chi connectivity index (χ3v) is 3.58. The second-order valence-corrected chi connectivity index (χ2v) is 5.43. The average Bonchev–Trinajstić information content (AvgIpc) is 2.59. The Morgan fingerprint density at radius 1 is 1.04 bits per heavy atom. The van der Waals surface area contributed by atoms with Gasteiger partial charge in [0.25, 0.3) is 0 Å². The zero-order chi connectivity index (χ0) is 17.5. The Balaban J connectivity index is 1.85. The van der Waals surface area contributed by atoms with Gasteiger partial charge in [-0.1, -0.05) is 29.5 Å². The number of hydrogen-bond acceptors (Lipinski definition) is 6. The Morgan fingerprint density at radius 2 is 1.75 bits per heavy atom. The molecule has 24 heavy (non-hydrogen) atoms. The minimum Gasteiger partial charge on any atom is -0.394 e. The third-order valence-electron chi connectivity index (χ3n) is 3.58. The monoisotopic (exact) mass is 332 g/mol. The smallest absolute Gasteiger partial charge is 0.187 e. The minimum absolute atomic E-state index is 0.0781. The molecule has 5 atom stereocenters. The molecule has 0 saturated carbocycles. The first-order chi connectivity index (χ1) is 11.5. The molecule has 0 aromatic heterocycles. The molecular formula is C18H20O6. The predicted octanol–water partition coefficient (Wildman–Crippen LogP) is -0.834. The zero-order valence-corrected chi connectivity index (χ0v) is 13.2. The SMILES string of the molecule is Cc1ccc(C#CC#CCO[C@H]2O[C@H](CO)[C@@H](O)[C@H](O)[C@@H]2O)cc1. The van der Waals surface area contributed by atoms with Crippen LogP contribution in [0.4, 0.5) is 0 Å². The molecule has 0 spiro atoms. The molecule has 1 aliphatic heterocycles. The molecule has 0 aliphatic carbocycles. The lowest BCUT2D eigenvalue weighted by Gasteiger charge is -2.39. The summed E-state index contributed by atoms with van der Waals surface area (Å²) in [5.41, 5.74) is 2.00. The van der Waals surface area contributed by atoms with Crippen molar-refractivity contribution < 1.29 is 29.9 Å². The van der Waals surface area contributed by atoms with Crippen LogP contribution in [0.2, 0.25) is 0 Å². The molecule has 1 aromatic rings. The van der Waals surface area contributed by atoms with Gasteiger partial charge in [-0.15, -0.1) is 0 Å².